The van der Waals surface area contributed by atoms with Gasteiger partial charge in [-0.1, -0.05) is 149 Å². The lowest BCUT2D eigenvalue weighted by Crippen LogP contribution is -2.48. The molecule has 38 heavy (non-hydrogen) atoms. The fourth-order valence-corrected chi connectivity index (χ4v) is 8.20. The smallest absolute Gasteiger partial charge is 0.0547 e. The van der Waals surface area contributed by atoms with Crippen LogP contribution in [0.25, 0.3) is 0 Å². The van der Waals surface area contributed by atoms with Gasteiger partial charge in [-0.3, -0.25) is 0 Å². The molecular formula is C36H68N2. The maximum atomic E-state index is 2.96. The van der Waals surface area contributed by atoms with Crippen molar-refractivity contribution in [3.8, 4) is 0 Å². The second kappa shape index (κ2) is 19.6. The van der Waals surface area contributed by atoms with Crippen molar-refractivity contribution in [2.45, 2.75) is 206 Å². The van der Waals surface area contributed by atoms with E-state index < -0.39 is 0 Å². The molecule has 2 saturated carbocycles. The van der Waals surface area contributed by atoms with E-state index in [-0.39, 0.29) is 0 Å². The van der Waals surface area contributed by atoms with Crippen molar-refractivity contribution in [2.24, 2.45) is 5.92 Å². The van der Waals surface area contributed by atoms with Crippen molar-refractivity contribution in [1.29, 1.82) is 0 Å². The standard InChI is InChI=1S/C36H68N2/c1-4-6-21-31-34-35(26-5-2)38(33-29-24-19-15-11-8-12-16-20-25-30-33)37(3)36(34)32-27-22-17-13-9-7-10-14-18-23-28-32/h32-33,36H,4-31H2,1-3H3. The van der Waals surface area contributed by atoms with E-state index >= 15 is 0 Å². The molecule has 1 unspecified atom stereocenters. The summed E-state index contributed by atoms with van der Waals surface area (Å²) in [4.78, 5) is 0. The minimum absolute atomic E-state index is 0.678. The Morgan fingerprint density at radius 1 is 0.526 bits per heavy atom. The van der Waals surface area contributed by atoms with Crippen molar-refractivity contribution in [2.75, 3.05) is 7.05 Å². The molecule has 2 fully saturated rings. The molecule has 0 saturated heterocycles. The maximum absolute atomic E-state index is 2.96. The topological polar surface area (TPSA) is 6.48 Å². The zero-order valence-corrected chi connectivity index (χ0v) is 26.4. The molecule has 0 radical (unpaired) electrons. The monoisotopic (exact) mass is 529 g/mol. The number of allylic oxidation sites excluding steroid dienone is 1. The lowest BCUT2D eigenvalue weighted by Gasteiger charge is -2.41. The highest BCUT2D eigenvalue weighted by molar-refractivity contribution is 5.26. The average Bonchev–Trinajstić information content (AvgIpc) is 3.16. The molecule has 0 bridgehead atoms. The summed E-state index contributed by atoms with van der Waals surface area (Å²) in [7, 11) is 2.53. The number of likely N-dealkylation sites (N-methyl/N-ethyl adjacent to an activating group) is 1. The molecular weight excluding hydrogens is 460 g/mol. The quantitative estimate of drug-likeness (QED) is 0.289. The molecule has 0 amide bonds. The first-order valence-electron chi connectivity index (χ1n) is 18.0. The van der Waals surface area contributed by atoms with Gasteiger partial charge in [0.1, 0.15) is 0 Å². The molecule has 2 heteroatoms. The lowest BCUT2D eigenvalue weighted by atomic mass is 9.82. The van der Waals surface area contributed by atoms with Gasteiger partial charge >= 0.3 is 0 Å². The van der Waals surface area contributed by atoms with Gasteiger partial charge in [0.15, 0.2) is 0 Å². The van der Waals surface area contributed by atoms with Crippen LogP contribution in [-0.2, 0) is 0 Å². The second-order valence-electron chi connectivity index (χ2n) is 13.5. The highest BCUT2D eigenvalue weighted by atomic mass is 15.7. The van der Waals surface area contributed by atoms with E-state index in [1.807, 2.05) is 5.57 Å². The van der Waals surface area contributed by atoms with Crippen molar-refractivity contribution < 1.29 is 0 Å². The van der Waals surface area contributed by atoms with E-state index in [0.29, 0.717) is 6.04 Å². The van der Waals surface area contributed by atoms with Crippen LogP contribution in [0.4, 0.5) is 0 Å². The molecule has 2 nitrogen and oxygen atoms in total. The molecule has 1 aliphatic heterocycles. The summed E-state index contributed by atoms with van der Waals surface area (Å²) in [5.74, 6) is 0.860. The first kappa shape index (κ1) is 32.0. The summed E-state index contributed by atoms with van der Waals surface area (Å²) < 4.78 is 0. The Bertz CT molecular complexity index is 601. The van der Waals surface area contributed by atoms with Crippen LogP contribution in [0.2, 0.25) is 0 Å². The lowest BCUT2D eigenvalue weighted by molar-refractivity contribution is -0.0332. The molecule has 0 spiro atoms. The minimum atomic E-state index is 0.678. The SMILES string of the molecule is CCCCCC1=C(CCC)N(C2CCCCCCCCCCC2)N(C)C1C1CCCCCCCCCCC1. The predicted octanol–water partition coefficient (Wildman–Crippen LogP) is 11.7. The first-order chi connectivity index (χ1) is 18.8. The molecule has 222 valence electrons. The summed E-state index contributed by atoms with van der Waals surface area (Å²) in [6, 6.07) is 1.41. The fourth-order valence-electron chi connectivity index (χ4n) is 8.20. The fraction of sp³-hybridized carbons (Fsp3) is 0.944. The normalized spacial score (nSPS) is 26.0. The molecule has 0 aromatic rings. The largest absolute Gasteiger partial charge is 0.307 e. The van der Waals surface area contributed by atoms with Crippen LogP contribution in [0.15, 0.2) is 11.3 Å². The van der Waals surface area contributed by atoms with Gasteiger partial charge in [-0.25, -0.2) is 5.01 Å². The van der Waals surface area contributed by atoms with E-state index in [1.165, 1.54) is 180 Å². The van der Waals surface area contributed by atoms with Gasteiger partial charge in [0.05, 0.1) is 6.04 Å². The summed E-state index contributed by atoms with van der Waals surface area (Å²) >= 11 is 0. The zero-order chi connectivity index (χ0) is 26.8. The molecule has 2 aliphatic carbocycles. The molecule has 0 N–H and O–H groups in total. The summed E-state index contributed by atoms with van der Waals surface area (Å²) in [6.45, 7) is 4.81. The third-order valence-corrected chi connectivity index (χ3v) is 10.3. The Kier molecular flexibility index (Phi) is 16.5. The second-order valence-corrected chi connectivity index (χ2v) is 13.5. The Balaban J connectivity index is 1.85. The van der Waals surface area contributed by atoms with E-state index in [9.17, 15) is 0 Å². The van der Waals surface area contributed by atoms with Crippen molar-refractivity contribution in [3.63, 3.8) is 0 Å². The van der Waals surface area contributed by atoms with Gasteiger partial charge in [0, 0.05) is 18.8 Å². The van der Waals surface area contributed by atoms with Crippen LogP contribution >= 0.6 is 0 Å². The van der Waals surface area contributed by atoms with E-state index in [2.05, 4.69) is 30.9 Å². The van der Waals surface area contributed by atoms with Crippen molar-refractivity contribution in [1.82, 2.24) is 10.0 Å². The number of hydrogen-bond acceptors (Lipinski definition) is 2. The van der Waals surface area contributed by atoms with Crippen LogP contribution in [0, 0.1) is 5.92 Å². The van der Waals surface area contributed by atoms with Gasteiger partial charge in [0.2, 0.25) is 0 Å². The number of hydrazine groups is 1. The van der Waals surface area contributed by atoms with E-state index in [0.717, 1.165) is 12.0 Å². The van der Waals surface area contributed by atoms with Crippen LogP contribution in [-0.4, -0.2) is 29.1 Å². The van der Waals surface area contributed by atoms with Crippen LogP contribution in [0.5, 0.6) is 0 Å². The number of rotatable bonds is 8. The molecule has 3 aliphatic rings. The molecule has 0 aromatic carbocycles. The van der Waals surface area contributed by atoms with Crippen LogP contribution in [0.3, 0.4) is 0 Å². The van der Waals surface area contributed by atoms with E-state index in [4.69, 9.17) is 0 Å². The Hall–Kier alpha value is -0.500. The zero-order valence-electron chi connectivity index (χ0n) is 26.4. The average molecular weight is 529 g/mol. The van der Waals surface area contributed by atoms with Crippen LogP contribution in [0.1, 0.15) is 194 Å². The molecule has 0 aromatic heterocycles. The Labute approximate surface area is 239 Å². The highest BCUT2D eigenvalue weighted by Gasteiger charge is 2.41. The molecule has 1 heterocycles. The maximum Gasteiger partial charge on any atom is 0.0547 e. The predicted molar refractivity (Wildman–Crippen MR) is 168 cm³/mol. The van der Waals surface area contributed by atoms with Crippen LogP contribution < -0.4 is 0 Å². The summed E-state index contributed by atoms with van der Waals surface area (Å²) in [5.41, 5.74) is 3.69. The van der Waals surface area contributed by atoms with Crippen molar-refractivity contribution >= 4 is 0 Å². The third-order valence-electron chi connectivity index (χ3n) is 10.3. The Morgan fingerprint density at radius 3 is 1.42 bits per heavy atom. The Morgan fingerprint density at radius 2 is 0.974 bits per heavy atom. The van der Waals surface area contributed by atoms with Gasteiger partial charge in [-0.2, -0.15) is 0 Å². The number of hydrogen-bond donors (Lipinski definition) is 0. The first-order valence-corrected chi connectivity index (χ1v) is 18.0. The number of unbranched alkanes of at least 4 members (excludes halogenated alkanes) is 2. The van der Waals surface area contributed by atoms with Gasteiger partial charge in [-0.15, -0.1) is 0 Å². The summed E-state index contributed by atoms with van der Waals surface area (Å²) in [6.07, 6.45) is 40.2. The summed E-state index contributed by atoms with van der Waals surface area (Å²) in [5, 5.41) is 5.82. The number of nitrogens with zero attached hydrogens (tertiary/aromatic N) is 2. The molecule has 1 atom stereocenters. The molecule has 3 rings (SSSR count). The highest BCUT2D eigenvalue weighted by Crippen LogP contribution is 2.43. The van der Waals surface area contributed by atoms with Gasteiger partial charge in [0.25, 0.3) is 0 Å². The van der Waals surface area contributed by atoms with Crippen molar-refractivity contribution in [3.05, 3.63) is 11.3 Å². The van der Waals surface area contributed by atoms with E-state index in [1.54, 1.807) is 5.70 Å². The third kappa shape index (κ3) is 10.5. The van der Waals surface area contributed by atoms with Gasteiger partial charge < -0.3 is 5.01 Å². The minimum Gasteiger partial charge on any atom is -0.307 e. The van der Waals surface area contributed by atoms with Gasteiger partial charge in [-0.05, 0) is 56.4 Å².